The minimum atomic E-state index is -0.468. The summed E-state index contributed by atoms with van der Waals surface area (Å²) >= 11 is 0. The first-order chi connectivity index (χ1) is 12.2. The number of ether oxygens (including phenoxy) is 2. The maximum atomic E-state index is 11.6. The lowest BCUT2D eigenvalue weighted by atomic mass is 10.1. The molecule has 0 radical (unpaired) electrons. The van der Waals surface area contributed by atoms with Gasteiger partial charge in [0.1, 0.15) is 12.4 Å². The summed E-state index contributed by atoms with van der Waals surface area (Å²) in [6, 6.07) is 15.0. The molecule has 0 bridgehead atoms. The van der Waals surface area contributed by atoms with E-state index in [0.29, 0.717) is 18.0 Å². The molecule has 1 aliphatic heterocycles. The number of alkyl carbamates (subject to hydrolysis) is 1. The maximum absolute atomic E-state index is 11.6. The van der Waals surface area contributed by atoms with Gasteiger partial charge in [-0.25, -0.2) is 4.79 Å². The molecule has 6 heteroatoms. The van der Waals surface area contributed by atoms with Gasteiger partial charge in [-0.3, -0.25) is 4.79 Å². The minimum Gasteiger partial charge on any atom is -0.482 e. The van der Waals surface area contributed by atoms with E-state index in [2.05, 4.69) is 10.6 Å². The third kappa shape index (κ3) is 4.84. The summed E-state index contributed by atoms with van der Waals surface area (Å²) < 4.78 is 10.5. The van der Waals surface area contributed by atoms with Crippen LogP contribution in [-0.4, -0.2) is 25.2 Å². The van der Waals surface area contributed by atoms with Crippen molar-refractivity contribution in [3.05, 3.63) is 65.7 Å². The molecule has 0 aromatic heterocycles. The fourth-order valence-electron chi connectivity index (χ4n) is 2.31. The lowest BCUT2D eigenvalue weighted by Crippen LogP contribution is -2.25. The highest BCUT2D eigenvalue weighted by atomic mass is 16.5. The molecule has 3 rings (SSSR count). The Morgan fingerprint density at radius 2 is 2.08 bits per heavy atom. The van der Waals surface area contributed by atoms with E-state index in [1.54, 1.807) is 6.07 Å². The Kier molecular flexibility index (Phi) is 5.31. The largest absolute Gasteiger partial charge is 0.482 e. The van der Waals surface area contributed by atoms with Gasteiger partial charge in [0, 0.05) is 6.54 Å². The zero-order chi connectivity index (χ0) is 17.5. The van der Waals surface area contributed by atoms with Crippen molar-refractivity contribution < 1.29 is 19.1 Å². The molecule has 128 valence electrons. The van der Waals surface area contributed by atoms with Crippen LogP contribution in [0.4, 0.5) is 10.5 Å². The Bertz CT molecular complexity index is 787. The average Bonchev–Trinajstić information content (AvgIpc) is 2.64. The van der Waals surface area contributed by atoms with Crippen molar-refractivity contribution in [3.63, 3.8) is 0 Å². The highest BCUT2D eigenvalue weighted by Gasteiger charge is 2.15. The van der Waals surface area contributed by atoms with Crippen molar-refractivity contribution in [1.29, 1.82) is 0 Å². The standard InChI is InChI=1S/C19H18N2O4/c22-18-13-24-17-11-14(8-9-16(17)21-18)7-4-10-20-19(23)25-12-15-5-2-1-3-6-15/h1-9,11H,10,12-13H2,(H,20,23)(H,21,22). The minimum absolute atomic E-state index is 0.0228. The van der Waals surface area contributed by atoms with E-state index in [0.717, 1.165) is 11.1 Å². The summed E-state index contributed by atoms with van der Waals surface area (Å²) in [7, 11) is 0. The van der Waals surface area contributed by atoms with Gasteiger partial charge in [-0.05, 0) is 23.3 Å². The second-order valence-electron chi connectivity index (χ2n) is 5.44. The highest BCUT2D eigenvalue weighted by molar-refractivity contribution is 5.95. The number of hydrogen-bond acceptors (Lipinski definition) is 4. The van der Waals surface area contributed by atoms with Gasteiger partial charge in [0.2, 0.25) is 0 Å². The number of hydrogen-bond donors (Lipinski definition) is 2. The molecule has 1 aliphatic rings. The molecular weight excluding hydrogens is 320 g/mol. The van der Waals surface area contributed by atoms with Gasteiger partial charge < -0.3 is 20.1 Å². The van der Waals surface area contributed by atoms with Crippen LogP contribution < -0.4 is 15.4 Å². The molecule has 2 amide bonds. The van der Waals surface area contributed by atoms with Crippen molar-refractivity contribution in [2.45, 2.75) is 6.61 Å². The molecule has 2 N–H and O–H groups in total. The van der Waals surface area contributed by atoms with Crippen LogP contribution in [0.25, 0.3) is 6.08 Å². The Morgan fingerprint density at radius 3 is 2.92 bits per heavy atom. The second kappa shape index (κ2) is 8.01. The van der Waals surface area contributed by atoms with Gasteiger partial charge in [-0.1, -0.05) is 48.6 Å². The summed E-state index contributed by atoms with van der Waals surface area (Å²) in [6.45, 7) is 0.613. The number of carbonyl (C=O) groups is 2. The Morgan fingerprint density at radius 1 is 1.24 bits per heavy atom. The van der Waals surface area contributed by atoms with E-state index < -0.39 is 6.09 Å². The van der Waals surface area contributed by atoms with Crippen LogP contribution in [0.3, 0.4) is 0 Å². The predicted molar refractivity (Wildman–Crippen MR) is 94.2 cm³/mol. The van der Waals surface area contributed by atoms with Gasteiger partial charge >= 0.3 is 6.09 Å². The first-order valence-corrected chi connectivity index (χ1v) is 7.88. The van der Waals surface area contributed by atoms with Crippen molar-refractivity contribution in [1.82, 2.24) is 5.32 Å². The van der Waals surface area contributed by atoms with Gasteiger partial charge in [0.05, 0.1) is 5.69 Å². The summed E-state index contributed by atoms with van der Waals surface area (Å²) in [5.74, 6) is 0.478. The van der Waals surface area contributed by atoms with Crippen LogP contribution in [-0.2, 0) is 16.1 Å². The van der Waals surface area contributed by atoms with E-state index in [9.17, 15) is 9.59 Å². The quantitative estimate of drug-likeness (QED) is 0.879. The normalized spacial score (nSPS) is 12.9. The molecule has 0 unspecified atom stereocenters. The number of nitrogens with one attached hydrogen (secondary N) is 2. The summed E-state index contributed by atoms with van der Waals surface area (Å²) in [6.07, 6.45) is 3.20. The average molecular weight is 338 g/mol. The van der Waals surface area contributed by atoms with Crippen molar-refractivity contribution in [2.75, 3.05) is 18.5 Å². The van der Waals surface area contributed by atoms with E-state index in [-0.39, 0.29) is 19.1 Å². The monoisotopic (exact) mass is 338 g/mol. The third-order valence-electron chi connectivity index (χ3n) is 3.53. The molecule has 0 aliphatic carbocycles. The fourth-order valence-corrected chi connectivity index (χ4v) is 2.31. The Hall–Kier alpha value is -3.28. The van der Waals surface area contributed by atoms with Crippen LogP contribution in [0.15, 0.2) is 54.6 Å². The second-order valence-corrected chi connectivity index (χ2v) is 5.44. The molecule has 1 heterocycles. The number of amides is 2. The van der Waals surface area contributed by atoms with Crippen molar-refractivity contribution in [3.8, 4) is 5.75 Å². The van der Waals surface area contributed by atoms with Gasteiger partial charge in [-0.15, -0.1) is 0 Å². The first-order valence-electron chi connectivity index (χ1n) is 7.88. The molecular formula is C19H18N2O4. The Labute approximate surface area is 145 Å². The van der Waals surface area contributed by atoms with E-state index in [4.69, 9.17) is 9.47 Å². The molecule has 0 atom stereocenters. The van der Waals surface area contributed by atoms with E-state index >= 15 is 0 Å². The SMILES string of the molecule is O=C1COc2cc(C=CCNC(=O)OCc3ccccc3)ccc2N1. The van der Waals surface area contributed by atoms with Crippen LogP contribution >= 0.6 is 0 Å². The predicted octanol–water partition coefficient (Wildman–Crippen LogP) is 2.96. The smallest absolute Gasteiger partial charge is 0.407 e. The van der Waals surface area contributed by atoms with Crippen molar-refractivity contribution >= 4 is 23.8 Å². The van der Waals surface area contributed by atoms with Crippen LogP contribution in [0, 0.1) is 0 Å². The lowest BCUT2D eigenvalue weighted by molar-refractivity contribution is -0.118. The summed E-state index contributed by atoms with van der Waals surface area (Å²) in [4.78, 5) is 22.8. The molecule has 2 aromatic carbocycles. The van der Waals surface area contributed by atoms with Crippen LogP contribution in [0.2, 0.25) is 0 Å². The zero-order valence-corrected chi connectivity index (χ0v) is 13.5. The van der Waals surface area contributed by atoms with Crippen LogP contribution in [0.1, 0.15) is 11.1 Å². The van der Waals surface area contributed by atoms with Crippen molar-refractivity contribution in [2.24, 2.45) is 0 Å². The third-order valence-corrected chi connectivity index (χ3v) is 3.53. The molecule has 0 fully saturated rings. The number of carbonyl (C=O) groups excluding carboxylic acids is 2. The molecule has 6 nitrogen and oxygen atoms in total. The number of fused-ring (bicyclic) bond motifs is 1. The number of anilines is 1. The number of benzene rings is 2. The maximum Gasteiger partial charge on any atom is 0.407 e. The fraction of sp³-hybridized carbons (Fsp3) is 0.158. The summed E-state index contributed by atoms with van der Waals surface area (Å²) in [5, 5.41) is 5.39. The number of rotatable bonds is 5. The van der Waals surface area contributed by atoms with Gasteiger partial charge in [0.25, 0.3) is 5.91 Å². The van der Waals surface area contributed by atoms with Gasteiger partial charge in [0.15, 0.2) is 6.61 Å². The molecule has 0 saturated carbocycles. The molecule has 0 saturated heterocycles. The first kappa shape index (κ1) is 16.6. The topological polar surface area (TPSA) is 76.7 Å². The van der Waals surface area contributed by atoms with Gasteiger partial charge in [-0.2, -0.15) is 0 Å². The van der Waals surface area contributed by atoms with Crippen LogP contribution in [0.5, 0.6) is 5.75 Å². The lowest BCUT2D eigenvalue weighted by Gasteiger charge is -2.17. The summed E-state index contributed by atoms with van der Waals surface area (Å²) in [5.41, 5.74) is 2.51. The Balaban J connectivity index is 1.44. The highest BCUT2D eigenvalue weighted by Crippen LogP contribution is 2.28. The molecule has 2 aromatic rings. The molecule has 25 heavy (non-hydrogen) atoms. The van der Waals surface area contributed by atoms with E-state index in [1.165, 1.54) is 0 Å². The molecule has 0 spiro atoms. The van der Waals surface area contributed by atoms with E-state index in [1.807, 2.05) is 54.6 Å². The zero-order valence-electron chi connectivity index (χ0n) is 13.5.